The second-order valence-electron chi connectivity index (χ2n) is 4.92. The van der Waals surface area contributed by atoms with Crippen molar-refractivity contribution in [2.75, 3.05) is 13.7 Å². The maximum atomic E-state index is 14.4. The van der Waals surface area contributed by atoms with Gasteiger partial charge >= 0.3 is 0 Å². The molecule has 4 nitrogen and oxygen atoms in total. The van der Waals surface area contributed by atoms with E-state index in [4.69, 9.17) is 4.74 Å². The van der Waals surface area contributed by atoms with Gasteiger partial charge in [-0.2, -0.15) is 5.10 Å². The third-order valence-corrected chi connectivity index (χ3v) is 3.55. The van der Waals surface area contributed by atoms with Gasteiger partial charge in [-0.05, 0) is 25.1 Å². The summed E-state index contributed by atoms with van der Waals surface area (Å²) in [4.78, 5) is 0. The first kappa shape index (κ1) is 15.5. The number of halogens is 1. The summed E-state index contributed by atoms with van der Waals surface area (Å²) in [5.74, 6) is 0.241. The van der Waals surface area contributed by atoms with E-state index in [1.807, 2.05) is 24.7 Å². The molecule has 1 unspecified atom stereocenters. The number of ether oxygens (including phenoxy) is 1. The normalized spacial score (nSPS) is 12.4. The Morgan fingerprint density at radius 1 is 1.33 bits per heavy atom. The van der Waals surface area contributed by atoms with E-state index in [0.717, 1.165) is 24.4 Å². The monoisotopic (exact) mass is 291 g/mol. The zero-order valence-corrected chi connectivity index (χ0v) is 13.0. The minimum absolute atomic E-state index is 0.223. The molecule has 1 atom stereocenters. The highest BCUT2D eigenvalue weighted by Crippen LogP contribution is 2.27. The van der Waals surface area contributed by atoms with Crippen molar-refractivity contribution in [3.63, 3.8) is 0 Å². The Labute approximate surface area is 124 Å². The molecule has 0 aliphatic heterocycles. The summed E-state index contributed by atoms with van der Waals surface area (Å²) in [6.07, 6.45) is 0.859. The summed E-state index contributed by atoms with van der Waals surface area (Å²) in [6, 6.07) is 6.76. The van der Waals surface area contributed by atoms with E-state index in [0.29, 0.717) is 11.3 Å². The van der Waals surface area contributed by atoms with Crippen molar-refractivity contribution in [2.45, 2.75) is 26.3 Å². The van der Waals surface area contributed by atoms with Crippen LogP contribution >= 0.6 is 0 Å². The molecule has 5 heteroatoms. The van der Waals surface area contributed by atoms with Crippen molar-refractivity contribution in [2.24, 2.45) is 7.05 Å². The minimum atomic E-state index is -0.278. The molecule has 2 rings (SSSR count). The molecule has 0 aliphatic carbocycles. The number of hydrogen-bond acceptors (Lipinski definition) is 3. The van der Waals surface area contributed by atoms with Crippen LogP contribution < -0.4 is 10.1 Å². The van der Waals surface area contributed by atoms with E-state index in [9.17, 15) is 4.39 Å². The molecule has 0 aliphatic rings. The number of hydrogen-bond donors (Lipinski definition) is 1. The second-order valence-corrected chi connectivity index (χ2v) is 4.92. The predicted octanol–water partition coefficient (Wildman–Crippen LogP) is 2.83. The number of methoxy groups -OCH3 is 1. The topological polar surface area (TPSA) is 39.1 Å². The predicted molar refractivity (Wildman–Crippen MR) is 81.1 cm³/mol. The van der Waals surface area contributed by atoms with E-state index < -0.39 is 0 Å². The lowest BCUT2D eigenvalue weighted by Crippen LogP contribution is -2.25. The van der Waals surface area contributed by atoms with E-state index in [-0.39, 0.29) is 11.9 Å². The Bertz CT molecular complexity index is 610. The van der Waals surface area contributed by atoms with Crippen LogP contribution in [0.5, 0.6) is 5.75 Å². The molecule has 21 heavy (non-hydrogen) atoms. The summed E-state index contributed by atoms with van der Waals surface area (Å²) in [5.41, 5.74) is 2.56. The summed E-state index contributed by atoms with van der Waals surface area (Å²) in [6.45, 7) is 4.80. The van der Waals surface area contributed by atoms with Crippen LogP contribution in [-0.4, -0.2) is 23.4 Å². The lowest BCUT2D eigenvalue weighted by molar-refractivity contribution is 0.409. The maximum absolute atomic E-state index is 14.4. The SMILES string of the molecule is CCNC(c1ccc(OC)cc1F)c1cc(CC)nn1C. The van der Waals surface area contributed by atoms with Crippen LogP contribution in [0.15, 0.2) is 24.3 Å². The molecule has 0 fully saturated rings. The Morgan fingerprint density at radius 3 is 2.62 bits per heavy atom. The molecule has 0 radical (unpaired) electrons. The lowest BCUT2D eigenvalue weighted by Gasteiger charge is -2.19. The first-order chi connectivity index (χ1) is 10.1. The van der Waals surface area contributed by atoms with E-state index in [1.54, 1.807) is 12.1 Å². The van der Waals surface area contributed by atoms with Crippen LogP contribution in [-0.2, 0) is 13.5 Å². The van der Waals surface area contributed by atoms with Gasteiger partial charge in [0, 0.05) is 18.7 Å². The van der Waals surface area contributed by atoms with Gasteiger partial charge in [0.1, 0.15) is 11.6 Å². The van der Waals surface area contributed by atoms with Gasteiger partial charge in [-0.25, -0.2) is 4.39 Å². The van der Waals surface area contributed by atoms with E-state index in [1.165, 1.54) is 13.2 Å². The zero-order valence-electron chi connectivity index (χ0n) is 13.0. The molecule has 0 bridgehead atoms. The van der Waals surface area contributed by atoms with Gasteiger partial charge in [0.25, 0.3) is 0 Å². The number of rotatable bonds is 6. The molecule has 1 aromatic carbocycles. The highest BCUT2D eigenvalue weighted by Gasteiger charge is 2.21. The fourth-order valence-electron chi connectivity index (χ4n) is 2.43. The molecule has 114 valence electrons. The van der Waals surface area contributed by atoms with Gasteiger partial charge in [0.2, 0.25) is 0 Å². The van der Waals surface area contributed by atoms with Gasteiger partial charge in [-0.3, -0.25) is 4.68 Å². The number of aromatic nitrogens is 2. The van der Waals surface area contributed by atoms with Crippen LogP contribution in [0.3, 0.4) is 0 Å². The van der Waals surface area contributed by atoms with Gasteiger partial charge in [0.05, 0.1) is 24.5 Å². The Balaban J connectivity index is 2.45. The first-order valence-electron chi connectivity index (χ1n) is 7.20. The van der Waals surface area contributed by atoms with Crippen LogP contribution in [0.4, 0.5) is 4.39 Å². The molecule has 1 N–H and O–H groups in total. The summed E-state index contributed by atoms with van der Waals surface area (Å²) in [5, 5.41) is 7.78. The summed E-state index contributed by atoms with van der Waals surface area (Å²) >= 11 is 0. The summed E-state index contributed by atoms with van der Waals surface area (Å²) in [7, 11) is 3.42. The average molecular weight is 291 g/mol. The maximum Gasteiger partial charge on any atom is 0.132 e. The van der Waals surface area contributed by atoms with Gasteiger partial charge < -0.3 is 10.1 Å². The van der Waals surface area contributed by atoms with Crippen molar-refractivity contribution in [1.82, 2.24) is 15.1 Å². The molecule has 0 amide bonds. The molecular formula is C16H22FN3O. The Kier molecular flexibility index (Phi) is 4.96. The quantitative estimate of drug-likeness (QED) is 0.889. The molecule has 1 heterocycles. The van der Waals surface area contributed by atoms with Gasteiger partial charge in [-0.15, -0.1) is 0 Å². The average Bonchev–Trinajstić information content (AvgIpc) is 2.86. The molecule has 0 saturated heterocycles. The number of nitrogens with zero attached hydrogens (tertiary/aromatic N) is 2. The lowest BCUT2D eigenvalue weighted by atomic mass is 10.0. The van der Waals surface area contributed by atoms with Crippen molar-refractivity contribution < 1.29 is 9.13 Å². The third-order valence-electron chi connectivity index (χ3n) is 3.55. The smallest absolute Gasteiger partial charge is 0.132 e. The van der Waals surface area contributed by atoms with Crippen LogP contribution in [0, 0.1) is 5.82 Å². The fourth-order valence-corrected chi connectivity index (χ4v) is 2.43. The number of benzene rings is 1. The van der Waals surface area contributed by atoms with Gasteiger partial charge in [0.15, 0.2) is 0 Å². The highest BCUT2D eigenvalue weighted by molar-refractivity contribution is 5.35. The van der Waals surface area contributed by atoms with Crippen molar-refractivity contribution in [1.29, 1.82) is 0 Å². The standard InChI is InChI=1S/C16H22FN3O/c1-5-11-9-15(20(3)19-11)16(18-6-2)13-8-7-12(21-4)10-14(13)17/h7-10,16,18H,5-6H2,1-4H3. The Morgan fingerprint density at radius 2 is 2.10 bits per heavy atom. The zero-order chi connectivity index (χ0) is 15.4. The Hall–Kier alpha value is -1.88. The largest absolute Gasteiger partial charge is 0.497 e. The second kappa shape index (κ2) is 6.72. The molecule has 1 aromatic heterocycles. The van der Waals surface area contributed by atoms with Gasteiger partial charge in [-0.1, -0.05) is 19.9 Å². The number of nitrogens with one attached hydrogen (secondary N) is 1. The molecular weight excluding hydrogens is 269 g/mol. The van der Waals surface area contributed by atoms with Crippen LogP contribution in [0.1, 0.15) is 36.8 Å². The van der Waals surface area contributed by atoms with E-state index >= 15 is 0 Å². The molecule has 0 saturated carbocycles. The van der Waals surface area contributed by atoms with Crippen LogP contribution in [0.2, 0.25) is 0 Å². The highest BCUT2D eigenvalue weighted by atomic mass is 19.1. The molecule has 0 spiro atoms. The minimum Gasteiger partial charge on any atom is -0.497 e. The van der Waals surface area contributed by atoms with Crippen molar-refractivity contribution in [3.8, 4) is 5.75 Å². The number of aryl methyl sites for hydroxylation is 2. The van der Waals surface area contributed by atoms with Crippen LogP contribution in [0.25, 0.3) is 0 Å². The summed E-state index contributed by atoms with van der Waals surface area (Å²) < 4.78 is 21.2. The third kappa shape index (κ3) is 3.24. The van der Waals surface area contributed by atoms with E-state index in [2.05, 4.69) is 17.3 Å². The van der Waals surface area contributed by atoms with Crippen molar-refractivity contribution >= 4 is 0 Å². The molecule has 2 aromatic rings. The first-order valence-corrected chi connectivity index (χ1v) is 7.20. The fraction of sp³-hybridized carbons (Fsp3) is 0.438. The van der Waals surface area contributed by atoms with Crippen molar-refractivity contribution in [3.05, 3.63) is 47.0 Å².